The zero-order chi connectivity index (χ0) is 30.4. The van der Waals surface area contributed by atoms with E-state index >= 15 is 0 Å². The lowest BCUT2D eigenvalue weighted by Gasteiger charge is -2.35. The number of methoxy groups -OCH3 is 1. The SMILES string of the molecule is CC(C)=O.COC(Cc1c(C(C)C)cccc1C(C)C)CC(C)CC(=O)C1(NC2=CC=CC=CC2)CCCCCC1. The minimum absolute atomic E-state index is 0.109. The number of Topliss-reactive ketones (excluding diaryl/α,β-unsaturated/α-hetero) is 2. The number of hydrogen-bond acceptors (Lipinski definition) is 4. The van der Waals surface area contributed by atoms with Crippen molar-refractivity contribution in [1.82, 2.24) is 5.32 Å². The molecule has 0 aromatic heterocycles. The van der Waals surface area contributed by atoms with Gasteiger partial charge in [-0.25, -0.2) is 0 Å². The molecule has 1 aromatic rings. The van der Waals surface area contributed by atoms with Crippen molar-refractivity contribution in [1.29, 1.82) is 0 Å². The van der Waals surface area contributed by atoms with Gasteiger partial charge in [0.15, 0.2) is 5.78 Å². The van der Waals surface area contributed by atoms with Gasteiger partial charge in [-0.15, -0.1) is 0 Å². The van der Waals surface area contributed by atoms with Crippen molar-refractivity contribution in [3.05, 3.63) is 71.0 Å². The first-order valence-electron chi connectivity index (χ1n) is 15.9. The summed E-state index contributed by atoms with van der Waals surface area (Å²) in [6.07, 6.45) is 20.5. The maximum atomic E-state index is 14.0. The molecule has 4 nitrogen and oxygen atoms in total. The molecule has 2 unspecified atom stereocenters. The number of ether oxygens (including phenoxy) is 1. The van der Waals surface area contributed by atoms with Crippen molar-refractivity contribution in [2.75, 3.05) is 7.11 Å². The highest BCUT2D eigenvalue weighted by Crippen LogP contribution is 2.34. The van der Waals surface area contributed by atoms with Gasteiger partial charge in [0.25, 0.3) is 0 Å². The van der Waals surface area contributed by atoms with E-state index in [4.69, 9.17) is 4.74 Å². The molecular weight excluding hydrogens is 506 g/mol. The lowest BCUT2D eigenvalue weighted by Crippen LogP contribution is -2.51. The summed E-state index contributed by atoms with van der Waals surface area (Å²) in [4.78, 5) is 23.4. The Hall–Kier alpha value is -2.46. The molecule has 0 aliphatic heterocycles. The molecule has 1 N–H and O–H groups in total. The van der Waals surface area contributed by atoms with Crippen LogP contribution in [0, 0.1) is 5.92 Å². The summed E-state index contributed by atoms with van der Waals surface area (Å²) in [5.41, 5.74) is 5.03. The van der Waals surface area contributed by atoms with Crippen LogP contribution in [0.25, 0.3) is 0 Å². The molecule has 1 saturated carbocycles. The molecule has 0 spiro atoms. The largest absolute Gasteiger partial charge is 0.381 e. The van der Waals surface area contributed by atoms with Gasteiger partial charge in [0.05, 0.1) is 11.6 Å². The Morgan fingerprint density at radius 2 is 1.49 bits per heavy atom. The van der Waals surface area contributed by atoms with E-state index in [1.54, 1.807) is 0 Å². The second-order valence-electron chi connectivity index (χ2n) is 13.0. The number of allylic oxidation sites excluding steroid dienone is 5. The number of carbonyl (C=O) groups is 2. The van der Waals surface area contributed by atoms with Gasteiger partial charge in [0.2, 0.25) is 0 Å². The average molecular weight is 564 g/mol. The Morgan fingerprint density at radius 3 is 2.02 bits per heavy atom. The van der Waals surface area contributed by atoms with Gasteiger partial charge in [-0.1, -0.05) is 103 Å². The number of nitrogens with one attached hydrogen (secondary N) is 1. The van der Waals surface area contributed by atoms with E-state index < -0.39 is 5.54 Å². The first-order chi connectivity index (χ1) is 19.5. The van der Waals surface area contributed by atoms with Crippen LogP contribution in [-0.2, 0) is 20.7 Å². The molecule has 0 amide bonds. The molecule has 228 valence electrons. The predicted octanol–water partition coefficient (Wildman–Crippen LogP) is 9.15. The second kappa shape index (κ2) is 17.5. The van der Waals surface area contributed by atoms with Crippen LogP contribution < -0.4 is 5.32 Å². The number of ketones is 2. The minimum Gasteiger partial charge on any atom is -0.381 e. The van der Waals surface area contributed by atoms with Crippen LogP contribution in [0.5, 0.6) is 0 Å². The van der Waals surface area contributed by atoms with Gasteiger partial charge >= 0.3 is 0 Å². The van der Waals surface area contributed by atoms with Crippen LogP contribution in [-0.4, -0.2) is 30.3 Å². The van der Waals surface area contributed by atoms with E-state index in [9.17, 15) is 9.59 Å². The van der Waals surface area contributed by atoms with Gasteiger partial charge < -0.3 is 14.8 Å². The summed E-state index contributed by atoms with van der Waals surface area (Å²) >= 11 is 0. The molecule has 41 heavy (non-hydrogen) atoms. The van der Waals surface area contributed by atoms with E-state index in [2.05, 4.69) is 88.5 Å². The molecule has 0 heterocycles. The molecule has 2 atom stereocenters. The van der Waals surface area contributed by atoms with E-state index in [1.165, 1.54) is 43.4 Å². The summed E-state index contributed by atoms with van der Waals surface area (Å²) in [5.74, 6) is 1.79. The monoisotopic (exact) mass is 563 g/mol. The lowest BCUT2D eigenvalue weighted by molar-refractivity contribution is -0.127. The van der Waals surface area contributed by atoms with E-state index in [0.29, 0.717) is 24.0 Å². The number of carbonyl (C=O) groups excluding carboxylic acids is 2. The van der Waals surface area contributed by atoms with Gasteiger partial charge in [-0.2, -0.15) is 0 Å². The summed E-state index contributed by atoms with van der Waals surface area (Å²) in [5, 5.41) is 3.78. The van der Waals surface area contributed by atoms with Gasteiger partial charge in [-0.3, -0.25) is 4.79 Å². The third kappa shape index (κ3) is 11.4. The average Bonchev–Trinajstić information content (AvgIpc) is 3.31. The summed E-state index contributed by atoms with van der Waals surface area (Å²) in [7, 11) is 1.83. The standard InChI is InChI=1S/C34H51NO2.C3H6O/c1-25(2)30-18-15-19-31(26(3)4)32(30)24-29(37-6)22-27(5)23-33(36)34(20-13-9-10-14-21-34)35-28-16-11-7-8-12-17-28;1-3(2)4/h7-8,11-12,15-16,18-19,25-27,29,35H,9-10,13-14,17,20-24H2,1-6H3;1-2H3. The van der Waals surface area contributed by atoms with Crippen LogP contribution in [0.15, 0.2) is 54.3 Å². The first kappa shape index (κ1) is 34.7. The highest BCUT2D eigenvalue weighted by molar-refractivity contribution is 5.89. The third-order valence-corrected chi connectivity index (χ3v) is 8.34. The summed E-state index contributed by atoms with van der Waals surface area (Å²) in [6, 6.07) is 6.75. The third-order valence-electron chi connectivity index (χ3n) is 8.34. The number of rotatable bonds is 12. The minimum atomic E-state index is -0.430. The number of benzene rings is 1. The maximum Gasteiger partial charge on any atom is 0.158 e. The summed E-state index contributed by atoms with van der Waals surface area (Å²) in [6.45, 7) is 14.4. The van der Waals surface area contributed by atoms with Crippen molar-refractivity contribution >= 4 is 11.6 Å². The highest BCUT2D eigenvalue weighted by atomic mass is 16.5. The van der Waals surface area contributed by atoms with E-state index in [1.807, 2.05) is 7.11 Å². The Labute approximate surface area is 251 Å². The Morgan fingerprint density at radius 1 is 0.902 bits per heavy atom. The molecule has 1 aromatic carbocycles. The molecule has 1 fully saturated rings. The molecular formula is C37H57NO3. The Balaban J connectivity index is 0.00000138. The smallest absolute Gasteiger partial charge is 0.158 e. The molecule has 3 rings (SSSR count). The van der Waals surface area contributed by atoms with Crippen molar-refractivity contribution in [2.45, 2.75) is 136 Å². The summed E-state index contributed by atoms with van der Waals surface area (Å²) < 4.78 is 6.05. The second-order valence-corrected chi connectivity index (χ2v) is 13.0. The van der Waals surface area contributed by atoms with E-state index in [-0.39, 0.29) is 17.8 Å². The molecule has 0 bridgehead atoms. The van der Waals surface area contributed by atoms with Crippen molar-refractivity contribution < 1.29 is 14.3 Å². The fraction of sp³-hybridized carbons (Fsp3) is 0.622. The Kier molecular flexibility index (Phi) is 14.8. The fourth-order valence-corrected chi connectivity index (χ4v) is 6.26. The topological polar surface area (TPSA) is 55.4 Å². The first-order valence-corrected chi connectivity index (χ1v) is 15.9. The number of hydrogen-bond donors (Lipinski definition) is 1. The molecule has 0 saturated heterocycles. The predicted molar refractivity (Wildman–Crippen MR) is 173 cm³/mol. The van der Waals surface area contributed by atoms with Gasteiger partial charge in [0.1, 0.15) is 5.78 Å². The van der Waals surface area contributed by atoms with E-state index in [0.717, 1.165) is 50.6 Å². The lowest BCUT2D eigenvalue weighted by atomic mass is 9.80. The Bertz CT molecular complexity index is 1020. The zero-order valence-corrected chi connectivity index (χ0v) is 27.2. The van der Waals surface area contributed by atoms with Crippen molar-refractivity contribution in [2.24, 2.45) is 5.92 Å². The van der Waals surface area contributed by atoms with Gasteiger partial charge in [0, 0.05) is 25.6 Å². The van der Waals surface area contributed by atoms with Crippen LogP contribution >= 0.6 is 0 Å². The highest BCUT2D eigenvalue weighted by Gasteiger charge is 2.39. The maximum absolute atomic E-state index is 14.0. The van der Waals surface area contributed by atoms with Crippen molar-refractivity contribution in [3.63, 3.8) is 0 Å². The molecule has 0 radical (unpaired) electrons. The van der Waals surface area contributed by atoms with Crippen LogP contribution in [0.4, 0.5) is 0 Å². The van der Waals surface area contributed by atoms with Crippen LogP contribution in [0.2, 0.25) is 0 Å². The van der Waals surface area contributed by atoms with Crippen LogP contribution in [0.3, 0.4) is 0 Å². The fourth-order valence-electron chi connectivity index (χ4n) is 6.26. The van der Waals surface area contributed by atoms with Crippen LogP contribution in [0.1, 0.15) is 135 Å². The molecule has 2 aliphatic rings. The quantitative estimate of drug-likeness (QED) is 0.258. The molecule has 4 heteroatoms. The normalized spacial score (nSPS) is 18.0. The van der Waals surface area contributed by atoms with Gasteiger partial charge in [-0.05, 0) is 80.1 Å². The van der Waals surface area contributed by atoms with Crippen molar-refractivity contribution in [3.8, 4) is 0 Å². The molecule has 2 aliphatic carbocycles. The zero-order valence-electron chi connectivity index (χ0n) is 27.2.